The summed E-state index contributed by atoms with van der Waals surface area (Å²) in [5.74, 6) is 0.298. The Morgan fingerprint density at radius 1 is 1.38 bits per heavy atom. The average Bonchev–Trinajstić information content (AvgIpc) is 2.85. The van der Waals surface area contributed by atoms with Crippen LogP contribution >= 0.6 is 0 Å². The quantitative estimate of drug-likeness (QED) is 0.603. The molecule has 0 amide bonds. The molecule has 13 heavy (non-hydrogen) atoms. The second kappa shape index (κ2) is 2.13. The number of hydrogen-bond donors (Lipinski definition) is 1. The number of rotatable bonds is 0. The lowest BCUT2D eigenvalue weighted by molar-refractivity contribution is -0.116. The summed E-state index contributed by atoms with van der Waals surface area (Å²) in [4.78, 5) is 11.7. The van der Waals surface area contributed by atoms with Crippen molar-refractivity contribution < 1.29 is 4.79 Å². The van der Waals surface area contributed by atoms with Gasteiger partial charge in [-0.15, -0.1) is 0 Å². The normalized spacial score (nSPS) is 27.5. The van der Waals surface area contributed by atoms with Gasteiger partial charge < -0.3 is 5.32 Å². The molecule has 1 spiro atoms. The molecule has 1 aliphatic heterocycles. The van der Waals surface area contributed by atoms with E-state index in [4.69, 9.17) is 0 Å². The van der Waals surface area contributed by atoms with Crippen LogP contribution in [0.1, 0.15) is 19.3 Å². The predicted molar refractivity (Wildman–Crippen MR) is 49.7 cm³/mol. The van der Waals surface area contributed by atoms with Crippen molar-refractivity contribution >= 4 is 5.78 Å². The molecule has 3 rings (SSSR count). The number of allylic oxidation sites excluding steroid dienone is 4. The molecule has 2 heteroatoms. The van der Waals surface area contributed by atoms with Crippen molar-refractivity contribution in [2.45, 2.75) is 19.3 Å². The lowest BCUT2D eigenvalue weighted by Crippen LogP contribution is -2.25. The number of carbonyl (C=O) groups excluding carboxylic acids is 1. The summed E-state index contributed by atoms with van der Waals surface area (Å²) in [6.07, 6.45) is 11.0. The van der Waals surface area contributed by atoms with Crippen LogP contribution in [0.25, 0.3) is 0 Å². The van der Waals surface area contributed by atoms with Crippen LogP contribution in [-0.2, 0) is 4.79 Å². The van der Waals surface area contributed by atoms with Crippen molar-refractivity contribution in [2.24, 2.45) is 5.41 Å². The second-order valence-corrected chi connectivity index (χ2v) is 4.10. The maximum atomic E-state index is 11.7. The second-order valence-electron chi connectivity index (χ2n) is 4.10. The van der Waals surface area contributed by atoms with Crippen molar-refractivity contribution in [3.05, 3.63) is 35.7 Å². The summed E-state index contributed by atoms with van der Waals surface area (Å²) in [6.45, 7) is 0. The highest BCUT2D eigenvalue weighted by atomic mass is 16.1. The third-order valence-corrected chi connectivity index (χ3v) is 3.04. The maximum Gasteiger partial charge on any atom is 0.165 e. The Labute approximate surface area is 77.0 Å². The van der Waals surface area contributed by atoms with E-state index in [0.717, 1.165) is 17.7 Å². The molecule has 3 aliphatic rings. The van der Waals surface area contributed by atoms with Gasteiger partial charge in [-0.25, -0.2) is 0 Å². The van der Waals surface area contributed by atoms with Gasteiger partial charge in [-0.2, -0.15) is 0 Å². The van der Waals surface area contributed by atoms with Crippen molar-refractivity contribution in [3.63, 3.8) is 0 Å². The summed E-state index contributed by atoms with van der Waals surface area (Å²) >= 11 is 0. The predicted octanol–water partition coefficient (Wildman–Crippen LogP) is 1.67. The summed E-state index contributed by atoms with van der Waals surface area (Å²) in [5, 5.41) is 3.14. The fourth-order valence-electron chi connectivity index (χ4n) is 2.07. The SMILES string of the molecule is O=C1CC2(C=C3NC=CC=C13)CC2. The van der Waals surface area contributed by atoms with Gasteiger partial charge in [0.05, 0.1) is 0 Å². The Morgan fingerprint density at radius 2 is 2.23 bits per heavy atom. The molecule has 1 fully saturated rings. The van der Waals surface area contributed by atoms with E-state index in [9.17, 15) is 4.79 Å². The number of hydrogen-bond acceptors (Lipinski definition) is 2. The van der Waals surface area contributed by atoms with Crippen LogP contribution in [0.2, 0.25) is 0 Å². The van der Waals surface area contributed by atoms with Crippen LogP contribution in [0.4, 0.5) is 0 Å². The number of fused-ring (bicyclic) bond motifs is 1. The first-order valence-corrected chi connectivity index (χ1v) is 4.69. The Morgan fingerprint density at radius 3 is 3.00 bits per heavy atom. The number of Topliss-reactive ketones (excluding diaryl/α,β-unsaturated/α-hetero) is 1. The van der Waals surface area contributed by atoms with Crippen LogP contribution in [-0.4, -0.2) is 5.78 Å². The molecule has 0 atom stereocenters. The van der Waals surface area contributed by atoms with Gasteiger partial charge in [0, 0.05) is 23.9 Å². The molecular weight excluding hydrogens is 162 g/mol. The Balaban J connectivity index is 2.09. The highest BCUT2D eigenvalue weighted by molar-refractivity contribution is 6.02. The first-order valence-electron chi connectivity index (χ1n) is 4.69. The zero-order valence-corrected chi connectivity index (χ0v) is 7.34. The molecule has 1 heterocycles. The van der Waals surface area contributed by atoms with Crippen LogP contribution in [0.15, 0.2) is 35.7 Å². The topological polar surface area (TPSA) is 29.1 Å². The molecule has 0 aromatic rings. The van der Waals surface area contributed by atoms with Gasteiger partial charge >= 0.3 is 0 Å². The first kappa shape index (κ1) is 7.13. The molecule has 0 aromatic heterocycles. The van der Waals surface area contributed by atoms with Gasteiger partial charge in [0.1, 0.15) is 0 Å². The molecular formula is C11H11NO. The van der Waals surface area contributed by atoms with E-state index < -0.39 is 0 Å². The van der Waals surface area contributed by atoms with Gasteiger partial charge in [0.15, 0.2) is 5.78 Å². The Bertz CT molecular complexity index is 370. The lowest BCUT2D eigenvalue weighted by Gasteiger charge is -2.23. The molecule has 1 N–H and O–H groups in total. The summed E-state index contributed by atoms with van der Waals surface area (Å²) in [6, 6.07) is 0. The molecule has 0 bridgehead atoms. The smallest absolute Gasteiger partial charge is 0.165 e. The highest BCUT2D eigenvalue weighted by Gasteiger charge is 2.46. The monoisotopic (exact) mass is 173 g/mol. The standard InChI is InChI=1S/C11H11NO/c13-10-7-11(3-4-11)6-9-8(10)2-1-5-12-9/h1-2,5-6,12H,3-4,7H2. The van der Waals surface area contributed by atoms with Crippen LogP contribution in [0.5, 0.6) is 0 Å². The maximum absolute atomic E-state index is 11.7. The van der Waals surface area contributed by atoms with E-state index in [2.05, 4.69) is 11.4 Å². The fraction of sp³-hybridized carbons (Fsp3) is 0.364. The number of dihydropyridines is 1. The Kier molecular flexibility index (Phi) is 1.17. The Hall–Kier alpha value is -1.31. The molecule has 0 unspecified atom stereocenters. The largest absolute Gasteiger partial charge is 0.361 e. The molecule has 2 aliphatic carbocycles. The molecule has 0 aromatic carbocycles. The number of carbonyl (C=O) groups is 1. The van der Waals surface area contributed by atoms with E-state index in [-0.39, 0.29) is 5.41 Å². The van der Waals surface area contributed by atoms with Crippen LogP contribution < -0.4 is 5.32 Å². The molecule has 0 saturated heterocycles. The molecule has 0 radical (unpaired) electrons. The van der Waals surface area contributed by atoms with Crippen molar-refractivity contribution in [1.29, 1.82) is 0 Å². The van der Waals surface area contributed by atoms with Crippen molar-refractivity contribution in [3.8, 4) is 0 Å². The number of nitrogens with one attached hydrogen (secondary N) is 1. The number of ketones is 1. The van der Waals surface area contributed by atoms with Gasteiger partial charge in [0.2, 0.25) is 0 Å². The third kappa shape index (κ3) is 0.981. The minimum Gasteiger partial charge on any atom is -0.361 e. The highest BCUT2D eigenvalue weighted by Crippen LogP contribution is 2.54. The van der Waals surface area contributed by atoms with E-state index >= 15 is 0 Å². The average molecular weight is 173 g/mol. The third-order valence-electron chi connectivity index (χ3n) is 3.04. The van der Waals surface area contributed by atoms with E-state index in [0.29, 0.717) is 5.78 Å². The van der Waals surface area contributed by atoms with Crippen molar-refractivity contribution in [1.82, 2.24) is 5.32 Å². The van der Waals surface area contributed by atoms with E-state index in [1.807, 2.05) is 18.4 Å². The van der Waals surface area contributed by atoms with Gasteiger partial charge in [-0.05, 0) is 30.4 Å². The zero-order chi connectivity index (χ0) is 8.89. The fourth-order valence-corrected chi connectivity index (χ4v) is 2.07. The van der Waals surface area contributed by atoms with Gasteiger partial charge in [-0.3, -0.25) is 4.79 Å². The summed E-state index contributed by atoms with van der Waals surface area (Å²) in [5.41, 5.74) is 2.12. The minimum atomic E-state index is 0.238. The zero-order valence-electron chi connectivity index (χ0n) is 7.34. The van der Waals surface area contributed by atoms with E-state index in [1.54, 1.807) is 0 Å². The molecule has 66 valence electrons. The van der Waals surface area contributed by atoms with Gasteiger partial charge in [0.25, 0.3) is 0 Å². The molecule has 2 nitrogen and oxygen atoms in total. The first-order chi connectivity index (χ1) is 6.29. The van der Waals surface area contributed by atoms with Crippen molar-refractivity contribution in [2.75, 3.05) is 0 Å². The summed E-state index contributed by atoms with van der Waals surface area (Å²) < 4.78 is 0. The lowest BCUT2D eigenvalue weighted by atomic mass is 9.85. The van der Waals surface area contributed by atoms with Crippen LogP contribution in [0, 0.1) is 5.41 Å². The summed E-state index contributed by atoms with van der Waals surface area (Å²) in [7, 11) is 0. The van der Waals surface area contributed by atoms with Crippen LogP contribution in [0.3, 0.4) is 0 Å². The van der Waals surface area contributed by atoms with Gasteiger partial charge in [-0.1, -0.05) is 6.08 Å². The molecule has 1 saturated carbocycles. The minimum absolute atomic E-state index is 0.238. The van der Waals surface area contributed by atoms with E-state index in [1.165, 1.54) is 12.8 Å².